The molecule has 0 bridgehead atoms. The zero-order valence-corrected chi connectivity index (χ0v) is 13.0. The lowest BCUT2D eigenvalue weighted by Crippen LogP contribution is -2.39. The molecule has 1 aromatic heterocycles. The van der Waals surface area contributed by atoms with E-state index in [1.54, 1.807) is 13.0 Å². The molecule has 2 aromatic rings. The van der Waals surface area contributed by atoms with E-state index in [9.17, 15) is 9.59 Å². The van der Waals surface area contributed by atoms with Gasteiger partial charge in [0, 0.05) is 0 Å². The predicted octanol–water partition coefficient (Wildman–Crippen LogP) is 3.02. The van der Waals surface area contributed by atoms with E-state index in [0.29, 0.717) is 0 Å². The van der Waals surface area contributed by atoms with Crippen molar-refractivity contribution in [3.8, 4) is 0 Å². The molecule has 23 heavy (non-hydrogen) atoms. The van der Waals surface area contributed by atoms with Gasteiger partial charge in [-0.25, -0.2) is 4.79 Å². The minimum atomic E-state index is -0.873. The molecule has 0 saturated carbocycles. The number of ether oxygens (including phenoxy) is 1. The average molecular weight is 313 g/mol. The van der Waals surface area contributed by atoms with Gasteiger partial charge in [-0.2, -0.15) is 0 Å². The molecule has 0 unspecified atom stereocenters. The summed E-state index contributed by atoms with van der Waals surface area (Å²) in [5.74, 6) is -0.846. The molecule has 0 radical (unpaired) electrons. The van der Waals surface area contributed by atoms with Crippen molar-refractivity contribution in [3.63, 3.8) is 0 Å². The van der Waals surface area contributed by atoms with Crippen LogP contribution in [-0.4, -0.2) is 18.0 Å². The molecule has 5 heteroatoms. The van der Waals surface area contributed by atoms with E-state index in [1.807, 2.05) is 18.2 Å². The molecular formula is C18H19NO4. The monoisotopic (exact) mass is 313 g/mol. The minimum Gasteiger partial charge on any atom is -0.457 e. The summed E-state index contributed by atoms with van der Waals surface area (Å²) in [6.07, 6.45) is 3.47. The topological polar surface area (TPSA) is 68.5 Å². The van der Waals surface area contributed by atoms with Crippen molar-refractivity contribution >= 4 is 11.9 Å². The van der Waals surface area contributed by atoms with Gasteiger partial charge < -0.3 is 14.5 Å². The first-order valence-corrected chi connectivity index (χ1v) is 7.78. The summed E-state index contributed by atoms with van der Waals surface area (Å²) in [4.78, 5) is 24.1. The number of hydrogen-bond acceptors (Lipinski definition) is 4. The first-order chi connectivity index (χ1) is 11.1. The van der Waals surface area contributed by atoms with Crippen LogP contribution >= 0.6 is 0 Å². The number of nitrogens with one attached hydrogen (secondary N) is 1. The van der Waals surface area contributed by atoms with E-state index in [2.05, 4.69) is 11.4 Å². The third kappa shape index (κ3) is 3.44. The standard InChI is InChI=1S/C18H19NO4/c1-12(23-18(21)16-10-5-11-22-16)17(20)19-15-9-4-7-13-6-2-3-8-14(13)15/h2-3,5-6,8,10-12,15H,4,7,9H2,1H3,(H,19,20)/t12-,15+/m1/s1. The first kappa shape index (κ1) is 15.3. The van der Waals surface area contributed by atoms with Gasteiger partial charge in [-0.05, 0) is 49.4 Å². The lowest BCUT2D eigenvalue weighted by Gasteiger charge is -2.27. The molecule has 3 rings (SSSR count). The van der Waals surface area contributed by atoms with Crippen molar-refractivity contribution < 1.29 is 18.7 Å². The van der Waals surface area contributed by atoms with E-state index >= 15 is 0 Å². The molecule has 120 valence electrons. The second-order valence-corrected chi connectivity index (χ2v) is 5.68. The highest BCUT2D eigenvalue weighted by atomic mass is 16.6. The van der Waals surface area contributed by atoms with Gasteiger partial charge in [0.15, 0.2) is 6.10 Å². The first-order valence-electron chi connectivity index (χ1n) is 7.78. The normalized spacial score (nSPS) is 17.9. The van der Waals surface area contributed by atoms with Crippen molar-refractivity contribution in [2.75, 3.05) is 0 Å². The van der Waals surface area contributed by atoms with Crippen molar-refractivity contribution in [3.05, 3.63) is 59.5 Å². The minimum absolute atomic E-state index is 0.0304. The Morgan fingerprint density at radius 2 is 2.09 bits per heavy atom. The van der Waals surface area contributed by atoms with Crippen LogP contribution in [0.25, 0.3) is 0 Å². The maximum absolute atomic E-state index is 12.3. The number of benzene rings is 1. The molecule has 0 saturated heterocycles. The van der Waals surface area contributed by atoms with Crippen LogP contribution in [0.15, 0.2) is 47.1 Å². The molecule has 1 N–H and O–H groups in total. The van der Waals surface area contributed by atoms with Gasteiger partial charge in [-0.1, -0.05) is 24.3 Å². The summed E-state index contributed by atoms with van der Waals surface area (Å²) in [6, 6.07) is 11.2. The summed E-state index contributed by atoms with van der Waals surface area (Å²) < 4.78 is 10.1. The number of hydrogen-bond donors (Lipinski definition) is 1. The number of amides is 1. The van der Waals surface area contributed by atoms with Crippen molar-refractivity contribution in [1.29, 1.82) is 0 Å². The SMILES string of the molecule is C[C@@H](OC(=O)c1ccco1)C(=O)N[C@H]1CCCc2ccccc21. The lowest BCUT2D eigenvalue weighted by atomic mass is 9.87. The van der Waals surface area contributed by atoms with Crippen LogP contribution in [0.2, 0.25) is 0 Å². The molecule has 0 aliphatic heterocycles. The van der Waals surface area contributed by atoms with Crippen LogP contribution in [0, 0.1) is 0 Å². The van der Waals surface area contributed by atoms with E-state index in [-0.39, 0.29) is 17.7 Å². The fourth-order valence-electron chi connectivity index (χ4n) is 2.86. The van der Waals surface area contributed by atoms with Crippen LogP contribution in [0.1, 0.15) is 47.5 Å². The fourth-order valence-corrected chi connectivity index (χ4v) is 2.86. The Kier molecular flexibility index (Phi) is 4.46. The Labute approximate surface area is 134 Å². The molecule has 0 spiro atoms. The third-order valence-corrected chi connectivity index (χ3v) is 4.06. The smallest absolute Gasteiger partial charge is 0.374 e. The van der Waals surface area contributed by atoms with Gasteiger partial charge in [0.25, 0.3) is 5.91 Å². The highest BCUT2D eigenvalue weighted by Crippen LogP contribution is 2.29. The molecule has 5 nitrogen and oxygen atoms in total. The number of esters is 1. The number of carbonyl (C=O) groups excluding carboxylic acids is 2. The highest BCUT2D eigenvalue weighted by Gasteiger charge is 2.26. The number of carbonyl (C=O) groups is 2. The molecule has 2 atom stereocenters. The van der Waals surface area contributed by atoms with E-state index in [1.165, 1.54) is 17.9 Å². The van der Waals surface area contributed by atoms with Crippen LogP contribution in [0.4, 0.5) is 0 Å². The summed E-state index contributed by atoms with van der Waals surface area (Å²) in [5, 5.41) is 2.98. The summed E-state index contributed by atoms with van der Waals surface area (Å²) in [6.45, 7) is 1.56. The summed E-state index contributed by atoms with van der Waals surface area (Å²) in [7, 11) is 0. The van der Waals surface area contributed by atoms with Gasteiger partial charge in [0.1, 0.15) is 0 Å². The quantitative estimate of drug-likeness (QED) is 0.881. The molecule has 1 aromatic carbocycles. The summed E-state index contributed by atoms with van der Waals surface area (Å²) in [5.41, 5.74) is 2.42. The maximum Gasteiger partial charge on any atom is 0.374 e. The van der Waals surface area contributed by atoms with Crippen LogP contribution in [-0.2, 0) is 16.0 Å². The fraction of sp³-hybridized carbons (Fsp3) is 0.333. The second kappa shape index (κ2) is 6.69. The summed E-state index contributed by atoms with van der Waals surface area (Å²) >= 11 is 0. The van der Waals surface area contributed by atoms with Crippen molar-refractivity contribution in [1.82, 2.24) is 5.32 Å². The maximum atomic E-state index is 12.3. The van der Waals surface area contributed by atoms with E-state index < -0.39 is 12.1 Å². The largest absolute Gasteiger partial charge is 0.457 e. The van der Waals surface area contributed by atoms with Crippen molar-refractivity contribution in [2.45, 2.75) is 38.3 Å². The molecule has 1 heterocycles. The number of aryl methyl sites for hydroxylation is 1. The Balaban J connectivity index is 1.62. The molecule has 0 fully saturated rings. The Morgan fingerprint density at radius 3 is 2.87 bits per heavy atom. The van der Waals surface area contributed by atoms with Gasteiger partial charge >= 0.3 is 5.97 Å². The number of rotatable bonds is 4. The Bertz CT molecular complexity index is 693. The highest BCUT2D eigenvalue weighted by molar-refractivity contribution is 5.90. The second-order valence-electron chi connectivity index (χ2n) is 5.68. The Hall–Kier alpha value is -2.56. The zero-order chi connectivity index (χ0) is 16.2. The van der Waals surface area contributed by atoms with Crippen LogP contribution in [0.3, 0.4) is 0 Å². The predicted molar refractivity (Wildman–Crippen MR) is 83.8 cm³/mol. The van der Waals surface area contributed by atoms with Gasteiger partial charge in [-0.3, -0.25) is 4.79 Å². The van der Waals surface area contributed by atoms with Crippen LogP contribution < -0.4 is 5.32 Å². The lowest BCUT2D eigenvalue weighted by molar-refractivity contribution is -0.130. The van der Waals surface area contributed by atoms with Gasteiger partial charge in [0.2, 0.25) is 5.76 Å². The van der Waals surface area contributed by atoms with Crippen LogP contribution in [0.5, 0.6) is 0 Å². The third-order valence-electron chi connectivity index (χ3n) is 4.06. The van der Waals surface area contributed by atoms with Gasteiger partial charge in [-0.15, -0.1) is 0 Å². The molecule has 1 aliphatic rings. The van der Waals surface area contributed by atoms with E-state index in [4.69, 9.17) is 9.15 Å². The van der Waals surface area contributed by atoms with Crippen molar-refractivity contribution in [2.24, 2.45) is 0 Å². The molecule has 1 aliphatic carbocycles. The molecular weight excluding hydrogens is 294 g/mol. The number of fused-ring (bicyclic) bond motifs is 1. The number of furan rings is 1. The Morgan fingerprint density at radius 1 is 1.26 bits per heavy atom. The van der Waals surface area contributed by atoms with Gasteiger partial charge in [0.05, 0.1) is 12.3 Å². The zero-order valence-electron chi connectivity index (χ0n) is 13.0. The van der Waals surface area contributed by atoms with E-state index in [0.717, 1.165) is 24.8 Å². The average Bonchev–Trinajstić information content (AvgIpc) is 3.09. The molecule has 1 amide bonds.